The van der Waals surface area contributed by atoms with E-state index in [9.17, 15) is 4.79 Å². The maximum Gasteiger partial charge on any atom is 0.257 e. The summed E-state index contributed by atoms with van der Waals surface area (Å²) in [5.74, 6) is 0.898. The molecule has 0 aliphatic carbocycles. The number of hydrogen-bond acceptors (Lipinski definition) is 3. The van der Waals surface area contributed by atoms with E-state index in [1.165, 1.54) is 19.3 Å². The van der Waals surface area contributed by atoms with Crippen molar-refractivity contribution in [3.8, 4) is 0 Å². The molecule has 110 valence electrons. The second-order valence-corrected chi connectivity index (χ2v) is 5.55. The first-order valence-corrected chi connectivity index (χ1v) is 7.67. The van der Waals surface area contributed by atoms with E-state index in [0.717, 1.165) is 37.5 Å². The normalized spacial score (nSPS) is 19.5. The smallest absolute Gasteiger partial charge is 0.257 e. The van der Waals surface area contributed by atoms with Gasteiger partial charge in [-0.1, -0.05) is 19.8 Å². The molecule has 1 N–H and O–H groups in total. The molecule has 1 saturated heterocycles. The molecule has 1 aromatic rings. The third-order valence-corrected chi connectivity index (χ3v) is 4.15. The van der Waals surface area contributed by atoms with Gasteiger partial charge in [0.2, 0.25) is 0 Å². The van der Waals surface area contributed by atoms with Crippen molar-refractivity contribution in [1.29, 1.82) is 0 Å². The van der Waals surface area contributed by atoms with Gasteiger partial charge in [0.1, 0.15) is 0 Å². The number of likely N-dealkylation sites (tertiary alicyclic amines) is 1. The molecule has 2 rings (SSSR count). The highest BCUT2D eigenvalue weighted by Gasteiger charge is 2.22. The Morgan fingerprint density at radius 3 is 3.05 bits per heavy atom. The van der Waals surface area contributed by atoms with Crippen molar-refractivity contribution < 1.29 is 4.79 Å². The quantitative estimate of drug-likeness (QED) is 0.918. The molecule has 4 heteroatoms. The Kier molecular flexibility index (Phi) is 5.39. The van der Waals surface area contributed by atoms with Gasteiger partial charge < -0.3 is 10.2 Å². The van der Waals surface area contributed by atoms with Crippen LogP contribution in [-0.4, -0.2) is 35.9 Å². The summed E-state index contributed by atoms with van der Waals surface area (Å²) in [6, 6.07) is 1.85. The Bertz CT molecular complexity index is 447. The summed E-state index contributed by atoms with van der Waals surface area (Å²) in [5, 5.41) is 3.07. The van der Waals surface area contributed by atoms with Gasteiger partial charge in [-0.05, 0) is 31.2 Å². The fourth-order valence-electron chi connectivity index (χ4n) is 3.02. The van der Waals surface area contributed by atoms with Crippen molar-refractivity contribution in [2.75, 3.05) is 25.5 Å². The van der Waals surface area contributed by atoms with E-state index in [0.29, 0.717) is 5.56 Å². The molecule has 1 aromatic heterocycles. The van der Waals surface area contributed by atoms with Gasteiger partial charge >= 0.3 is 0 Å². The zero-order valence-corrected chi connectivity index (χ0v) is 12.6. The zero-order valence-electron chi connectivity index (χ0n) is 12.6. The number of nitrogens with one attached hydrogen (secondary N) is 1. The monoisotopic (exact) mass is 275 g/mol. The average molecular weight is 275 g/mol. The molecule has 1 aliphatic rings. The Labute approximate surface area is 121 Å². The Balaban J connectivity index is 2.05. The average Bonchev–Trinajstić information content (AvgIpc) is 2.72. The summed E-state index contributed by atoms with van der Waals surface area (Å²) in [7, 11) is 1.84. The summed E-state index contributed by atoms with van der Waals surface area (Å²) < 4.78 is 0. The van der Waals surface area contributed by atoms with Gasteiger partial charge in [0.15, 0.2) is 0 Å². The highest BCUT2D eigenvalue weighted by Crippen LogP contribution is 2.24. The van der Waals surface area contributed by atoms with E-state index < -0.39 is 0 Å². The summed E-state index contributed by atoms with van der Waals surface area (Å²) in [6.07, 6.45) is 9.41. The standard InChI is InChI=1S/C16H25N3O/c1-3-5-13-6-4-10-19(11-8-13)16(20)14-12-18-9-7-15(14)17-2/h7,9,12-13H,3-6,8,10-11H2,1-2H3,(H,17,18). The number of hydrogen-bond donors (Lipinski definition) is 1. The van der Waals surface area contributed by atoms with Crippen molar-refractivity contribution in [3.63, 3.8) is 0 Å². The van der Waals surface area contributed by atoms with Crippen LogP contribution in [-0.2, 0) is 0 Å². The molecular formula is C16H25N3O. The molecule has 1 aliphatic heterocycles. The molecule has 0 bridgehead atoms. The number of anilines is 1. The summed E-state index contributed by atoms with van der Waals surface area (Å²) in [5.41, 5.74) is 1.54. The molecule has 0 saturated carbocycles. The van der Waals surface area contributed by atoms with Crippen molar-refractivity contribution >= 4 is 11.6 Å². The van der Waals surface area contributed by atoms with Gasteiger partial charge in [-0.3, -0.25) is 9.78 Å². The van der Waals surface area contributed by atoms with Gasteiger partial charge in [0.05, 0.1) is 5.56 Å². The van der Waals surface area contributed by atoms with Crippen LogP contribution in [0.2, 0.25) is 0 Å². The van der Waals surface area contributed by atoms with Crippen LogP contribution in [0.4, 0.5) is 5.69 Å². The molecule has 2 heterocycles. The molecule has 0 spiro atoms. The minimum atomic E-state index is 0.111. The molecule has 4 nitrogen and oxygen atoms in total. The molecule has 0 aromatic carbocycles. The molecule has 20 heavy (non-hydrogen) atoms. The first-order chi connectivity index (χ1) is 9.76. The number of amides is 1. The first kappa shape index (κ1) is 14.8. The van der Waals surface area contributed by atoms with Crippen LogP contribution in [0.1, 0.15) is 49.4 Å². The Morgan fingerprint density at radius 2 is 2.30 bits per heavy atom. The maximum absolute atomic E-state index is 12.6. The van der Waals surface area contributed by atoms with Crippen LogP contribution in [0, 0.1) is 5.92 Å². The van der Waals surface area contributed by atoms with E-state index in [1.807, 2.05) is 18.0 Å². The van der Waals surface area contributed by atoms with Crippen LogP contribution in [0.3, 0.4) is 0 Å². The minimum absolute atomic E-state index is 0.111. The Morgan fingerprint density at radius 1 is 1.45 bits per heavy atom. The van der Waals surface area contributed by atoms with Crippen LogP contribution in [0.5, 0.6) is 0 Å². The third kappa shape index (κ3) is 3.50. The van der Waals surface area contributed by atoms with Crippen molar-refractivity contribution in [2.24, 2.45) is 5.92 Å². The van der Waals surface area contributed by atoms with Gasteiger partial charge in [-0.2, -0.15) is 0 Å². The van der Waals surface area contributed by atoms with Crippen LogP contribution in [0.25, 0.3) is 0 Å². The molecule has 1 unspecified atom stereocenters. The van der Waals surface area contributed by atoms with E-state index in [4.69, 9.17) is 0 Å². The lowest BCUT2D eigenvalue weighted by Crippen LogP contribution is -2.32. The topological polar surface area (TPSA) is 45.2 Å². The fourth-order valence-corrected chi connectivity index (χ4v) is 3.02. The lowest BCUT2D eigenvalue weighted by molar-refractivity contribution is 0.0760. The fraction of sp³-hybridized carbons (Fsp3) is 0.625. The third-order valence-electron chi connectivity index (χ3n) is 4.15. The molecular weight excluding hydrogens is 250 g/mol. The molecule has 1 amide bonds. The predicted molar refractivity (Wildman–Crippen MR) is 81.9 cm³/mol. The van der Waals surface area contributed by atoms with Gasteiger partial charge in [-0.15, -0.1) is 0 Å². The second kappa shape index (κ2) is 7.27. The highest BCUT2D eigenvalue weighted by molar-refractivity contribution is 5.99. The number of pyridine rings is 1. The predicted octanol–water partition coefficient (Wildman–Crippen LogP) is 3.17. The van der Waals surface area contributed by atoms with Crippen LogP contribution >= 0.6 is 0 Å². The SMILES string of the molecule is CCCC1CCCN(C(=O)c2cnccc2NC)CC1. The number of aromatic nitrogens is 1. The molecule has 1 fully saturated rings. The zero-order chi connectivity index (χ0) is 14.4. The van der Waals surface area contributed by atoms with E-state index in [2.05, 4.69) is 17.2 Å². The van der Waals surface area contributed by atoms with Gasteiger partial charge in [0.25, 0.3) is 5.91 Å². The minimum Gasteiger partial charge on any atom is -0.387 e. The summed E-state index contributed by atoms with van der Waals surface area (Å²) in [4.78, 5) is 18.7. The largest absolute Gasteiger partial charge is 0.387 e. The number of carbonyl (C=O) groups is 1. The van der Waals surface area contributed by atoms with Crippen LogP contribution < -0.4 is 5.32 Å². The summed E-state index contributed by atoms with van der Waals surface area (Å²) in [6.45, 7) is 3.99. The van der Waals surface area contributed by atoms with E-state index >= 15 is 0 Å². The Hall–Kier alpha value is -1.58. The first-order valence-electron chi connectivity index (χ1n) is 7.67. The second-order valence-electron chi connectivity index (χ2n) is 5.55. The van der Waals surface area contributed by atoms with Crippen molar-refractivity contribution in [2.45, 2.75) is 39.0 Å². The van der Waals surface area contributed by atoms with Crippen molar-refractivity contribution in [1.82, 2.24) is 9.88 Å². The summed E-state index contributed by atoms with van der Waals surface area (Å²) >= 11 is 0. The van der Waals surface area contributed by atoms with Gasteiger partial charge in [0, 0.05) is 38.2 Å². The van der Waals surface area contributed by atoms with E-state index in [-0.39, 0.29) is 5.91 Å². The maximum atomic E-state index is 12.6. The lowest BCUT2D eigenvalue weighted by Gasteiger charge is -2.21. The van der Waals surface area contributed by atoms with Crippen LogP contribution in [0.15, 0.2) is 18.5 Å². The van der Waals surface area contributed by atoms with E-state index in [1.54, 1.807) is 12.4 Å². The highest BCUT2D eigenvalue weighted by atomic mass is 16.2. The molecule has 0 radical (unpaired) electrons. The van der Waals surface area contributed by atoms with Gasteiger partial charge in [-0.25, -0.2) is 0 Å². The molecule has 1 atom stereocenters. The number of nitrogens with zero attached hydrogens (tertiary/aromatic N) is 2. The number of rotatable bonds is 4. The number of carbonyl (C=O) groups excluding carboxylic acids is 1. The lowest BCUT2D eigenvalue weighted by atomic mass is 9.96. The van der Waals surface area contributed by atoms with Crippen molar-refractivity contribution in [3.05, 3.63) is 24.0 Å².